The Morgan fingerprint density at radius 1 is 0.946 bits per heavy atom. The van der Waals surface area contributed by atoms with Gasteiger partial charge in [0.05, 0.1) is 10.5 Å². The van der Waals surface area contributed by atoms with Crippen molar-refractivity contribution in [3.63, 3.8) is 0 Å². The lowest BCUT2D eigenvalue weighted by molar-refractivity contribution is -0.123. The van der Waals surface area contributed by atoms with E-state index < -0.39 is 28.0 Å². The molecule has 1 unspecified atom stereocenters. The van der Waals surface area contributed by atoms with Gasteiger partial charge in [0.25, 0.3) is 5.91 Å². The monoisotopic (exact) mass is 515 g/mol. The molecule has 1 aromatic heterocycles. The highest BCUT2D eigenvalue weighted by molar-refractivity contribution is 7.89. The predicted molar refractivity (Wildman–Crippen MR) is 138 cm³/mol. The van der Waals surface area contributed by atoms with Crippen molar-refractivity contribution < 1.29 is 27.2 Å². The fraction of sp³-hybridized carbons (Fsp3) is 0.0741. The van der Waals surface area contributed by atoms with Crippen molar-refractivity contribution in [2.75, 3.05) is 5.32 Å². The van der Waals surface area contributed by atoms with E-state index in [1.807, 2.05) is 48.5 Å². The number of carbonyl (C=O) groups is 2. The quantitative estimate of drug-likeness (QED) is 0.318. The molecule has 3 N–H and O–H groups in total. The van der Waals surface area contributed by atoms with Gasteiger partial charge in [0.15, 0.2) is 11.7 Å². The number of amides is 1. The van der Waals surface area contributed by atoms with E-state index in [0.717, 1.165) is 5.39 Å². The lowest BCUT2D eigenvalue weighted by atomic mass is 9.99. The topological polar surface area (TPSA) is 142 Å². The summed E-state index contributed by atoms with van der Waals surface area (Å²) in [5.41, 5.74) is 2.51. The molecule has 186 valence electrons. The summed E-state index contributed by atoms with van der Waals surface area (Å²) in [5, 5.41) is 9.05. The van der Waals surface area contributed by atoms with Crippen LogP contribution < -0.4 is 10.5 Å². The molecule has 0 aliphatic heterocycles. The first-order valence-electron chi connectivity index (χ1n) is 11.2. The molecule has 5 rings (SSSR count). The number of anilines is 1. The Bertz CT molecular complexity index is 1720. The average molecular weight is 516 g/mol. The summed E-state index contributed by atoms with van der Waals surface area (Å²) < 4.78 is 34.2. The molecule has 0 bridgehead atoms. The summed E-state index contributed by atoms with van der Waals surface area (Å²) in [5.74, 6) is -0.918. The van der Waals surface area contributed by atoms with E-state index >= 15 is 0 Å². The maximum Gasteiger partial charge on any atom is 0.339 e. The van der Waals surface area contributed by atoms with E-state index in [9.17, 15) is 18.0 Å². The summed E-state index contributed by atoms with van der Waals surface area (Å²) in [6.07, 6.45) is -1.14. The fourth-order valence-electron chi connectivity index (χ4n) is 3.93. The SMILES string of the molecule is CC(OC(=O)c1cccc2cccc(-c3nc4ccccc4o3)c12)C(=O)Nc1ccc(S(N)(=O)=O)cc1. The van der Waals surface area contributed by atoms with Crippen molar-refractivity contribution in [3.8, 4) is 11.5 Å². The largest absolute Gasteiger partial charge is 0.449 e. The number of para-hydroxylation sites is 2. The third-order valence-corrected chi connectivity index (χ3v) is 6.68. The highest BCUT2D eigenvalue weighted by Gasteiger charge is 2.23. The Hall–Kier alpha value is -4.54. The molecule has 0 radical (unpaired) electrons. The number of oxazole rings is 1. The zero-order chi connectivity index (χ0) is 26.2. The van der Waals surface area contributed by atoms with Gasteiger partial charge in [-0.25, -0.2) is 23.3 Å². The van der Waals surface area contributed by atoms with Crippen molar-refractivity contribution >= 4 is 49.5 Å². The molecule has 1 amide bonds. The Kier molecular flexibility index (Phi) is 6.20. The van der Waals surface area contributed by atoms with Crippen LogP contribution in [0.3, 0.4) is 0 Å². The molecular formula is C27H21N3O6S. The first-order chi connectivity index (χ1) is 17.7. The summed E-state index contributed by atoms with van der Waals surface area (Å²) in [7, 11) is -3.85. The molecule has 1 heterocycles. The molecular weight excluding hydrogens is 494 g/mol. The van der Waals surface area contributed by atoms with Gasteiger partial charge in [-0.2, -0.15) is 0 Å². The van der Waals surface area contributed by atoms with Crippen LogP contribution in [0.4, 0.5) is 5.69 Å². The summed E-state index contributed by atoms with van der Waals surface area (Å²) >= 11 is 0. The van der Waals surface area contributed by atoms with Crippen LogP contribution in [-0.4, -0.2) is 31.4 Å². The number of ether oxygens (including phenoxy) is 1. The van der Waals surface area contributed by atoms with Gasteiger partial charge in [-0.15, -0.1) is 0 Å². The van der Waals surface area contributed by atoms with Crippen LogP contribution in [0.15, 0.2) is 94.2 Å². The standard InChI is InChI=1S/C27H21N3O6S/c1-16(25(31)29-18-12-14-19(15-13-18)37(28,33)34)35-27(32)21-9-5-7-17-6-4-8-20(24(17)21)26-30-22-10-2-3-11-23(22)36-26/h2-16H,1H3,(H,29,31)(H2,28,33,34). The number of hydrogen-bond acceptors (Lipinski definition) is 7. The highest BCUT2D eigenvalue weighted by Crippen LogP contribution is 2.33. The molecule has 0 spiro atoms. The van der Waals surface area contributed by atoms with Crippen molar-refractivity contribution in [2.45, 2.75) is 17.9 Å². The number of esters is 1. The van der Waals surface area contributed by atoms with E-state index in [-0.39, 0.29) is 10.5 Å². The van der Waals surface area contributed by atoms with Crippen LogP contribution in [0, 0.1) is 0 Å². The Labute approximate surface area is 211 Å². The lowest BCUT2D eigenvalue weighted by Gasteiger charge is -2.15. The van der Waals surface area contributed by atoms with Gasteiger partial charge >= 0.3 is 5.97 Å². The lowest BCUT2D eigenvalue weighted by Crippen LogP contribution is -2.30. The molecule has 0 saturated heterocycles. The normalized spacial score (nSPS) is 12.4. The van der Waals surface area contributed by atoms with Gasteiger partial charge in [0.2, 0.25) is 15.9 Å². The number of nitrogens with one attached hydrogen (secondary N) is 1. The van der Waals surface area contributed by atoms with E-state index in [1.165, 1.54) is 31.2 Å². The van der Waals surface area contributed by atoms with Gasteiger partial charge in [0, 0.05) is 16.6 Å². The van der Waals surface area contributed by atoms with Crippen molar-refractivity contribution in [1.29, 1.82) is 0 Å². The first-order valence-corrected chi connectivity index (χ1v) is 12.8. The minimum atomic E-state index is -3.85. The van der Waals surface area contributed by atoms with Crippen LogP contribution in [0.2, 0.25) is 0 Å². The summed E-state index contributed by atoms with van der Waals surface area (Å²) in [6, 6.07) is 23.4. The molecule has 37 heavy (non-hydrogen) atoms. The molecule has 0 aliphatic carbocycles. The smallest absolute Gasteiger partial charge is 0.339 e. The Balaban J connectivity index is 1.40. The van der Waals surface area contributed by atoms with Crippen LogP contribution in [-0.2, 0) is 19.6 Å². The van der Waals surface area contributed by atoms with Crippen molar-refractivity contribution in [1.82, 2.24) is 4.98 Å². The molecule has 0 fully saturated rings. The maximum atomic E-state index is 13.2. The number of benzene rings is 4. The number of rotatable bonds is 6. The van der Waals surface area contributed by atoms with Gasteiger partial charge in [0.1, 0.15) is 5.52 Å². The Morgan fingerprint density at radius 3 is 2.35 bits per heavy atom. The van der Waals surface area contributed by atoms with Crippen molar-refractivity contribution in [3.05, 3.63) is 90.5 Å². The van der Waals surface area contributed by atoms with Gasteiger partial charge in [-0.1, -0.05) is 36.4 Å². The van der Waals surface area contributed by atoms with Gasteiger partial charge in [-0.3, -0.25) is 4.79 Å². The number of sulfonamides is 1. The third-order valence-electron chi connectivity index (χ3n) is 5.75. The maximum absolute atomic E-state index is 13.2. The first kappa shape index (κ1) is 24.2. The molecule has 9 nitrogen and oxygen atoms in total. The molecule has 5 aromatic rings. The number of nitrogens with zero attached hydrogens (tertiary/aromatic N) is 1. The zero-order valence-corrected chi connectivity index (χ0v) is 20.4. The second-order valence-electron chi connectivity index (χ2n) is 8.30. The minimum Gasteiger partial charge on any atom is -0.449 e. The number of primary sulfonamides is 1. The number of fused-ring (bicyclic) bond motifs is 2. The second kappa shape index (κ2) is 9.49. The molecule has 1 atom stereocenters. The fourth-order valence-corrected chi connectivity index (χ4v) is 4.44. The molecule has 0 saturated carbocycles. The van der Waals surface area contributed by atoms with Gasteiger partial charge < -0.3 is 14.5 Å². The molecule has 0 aliphatic rings. The average Bonchev–Trinajstić information content (AvgIpc) is 3.32. The number of aromatic nitrogens is 1. The second-order valence-corrected chi connectivity index (χ2v) is 9.86. The van der Waals surface area contributed by atoms with Crippen LogP contribution in [0.5, 0.6) is 0 Å². The zero-order valence-electron chi connectivity index (χ0n) is 19.5. The summed E-state index contributed by atoms with van der Waals surface area (Å²) in [6.45, 7) is 1.44. The van der Waals surface area contributed by atoms with E-state index in [1.54, 1.807) is 12.1 Å². The third kappa shape index (κ3) is 4.92. The highest BCUT2D eigenvalue weighted by atomic mass is 32.2. The molecule has 10 heteroatoms. The van der Waals surface area contributed by atoms with Crippen molar-refractivity contribution in [2.24, 2.45) is 5.14 Å². The number of nitrogens with two attached hydrogens (primary N) is 1. The summed E-state index contributed by atoms with van der Waals surface area (Å²) in [4.78, 5) is 30.3. The van der Waals surface area contributed by atoms with Crippen LogP contribution in [0.1, 0.15) is 17.3 Å². The van der Waals surface area contributed by atoms with E-state index in [0.29, 0.717) is 33.6 Å². The van der Waals surface area contributed by atoms with E-state index in [2.05, 4.69) is 10.3 Å². The minimum absolute atomic E-state index is 0.0873. The molecule has 4 aromatic carbocycles. The van der Waals surface area contributed by atoms with E-state index in [4.69, 9.17) is 14.3 Å². The number of hydrogen-bond donors (Lipinski definition) is 2. The van der Waals surface area contributed by atoms with Crippen LogP contribution in [0.25, 0.3) is 33.3 Å². The Morgan fingerprint density at radius 2 is 1.65 bits per heavy atom. The van der Waals surface area contributed by atoms with Gasteiger partial charge in [-0.05, 0) is 60.8 Å². The predicted octanol–water partition coefficient (Wildman–Crippen LogP) is 4.48. The number of carbonyl (C=O) groups excluding carboxylic acids is 2. The van der Waals surface area contributed by atoms with Crippen LogP contribution >= 0.6 is 0 Å².